The van der Waals surface area contributed by atoms with Crippen LogP contribution in [0.5, 0.6) is 0 Å². The molecule has 0 aliphatic carbocycles. The van der Waals surface area contributed by atoms with Gasteiger partial charge >= 0.3 is 6.18 Å². The lowest BCUT2D eigenvalue weighted by atomic mass is 10.1. The minimum atomic E-state index is -4.37. The van der Waals surface area contributed by atoms with Crippen molar-refractivity contribution in [3.63, 3.8) is 0 Å². The molecule has 3 nitrogen and oxygen atoms in total. The van der Waals surface area contributed by atoms with Crippen molar-refractivity contribution >= 4 is 12.0 Å². The normalized spacial score (nSPS) is 13.4. The average Bonchev–Trinajstić information content (AvgIpc) is 2.43. The second kappa shape index (κ2) is 7.83. The zero-order chi connectivity index (χ0) is 15.9. The largest absolute Gasteiger partial charge is 0.416 e. The standard InChI is InChI=1S/C15H18F3NO2/c1-2-3-13(20)10-19-14(21)9-6-11-4-7-12(8-5-11)15(16,17)18/h4-9,13,20H,2-3,10H2,1H3,(H,19,21)/b9-6+. The molecule has 1 rings (SSSR count). The molecule has 0 heterocycles. The highest BCUT2D eigenvalue weighted by Gasteiger charge is 2.29. The van der Waals surface area contributed by atoms with E-state index in [4.69, 9.17) is 0 Å². The Morgan fingerprint density at radius 2 is 1.95 bits per heavy atom. The number of hydrogen-bond donors (Lipinski definition) is 2. The predicted molar refractivity (Wildman–Crippen MR) is 74.4 cm³/mol. The van der Waals surface area contributed by atoms with E-state index in [0.29, 0.717) is 12.0 Å². The van der Waals surface area contributed by atoms with Crippen molar-refractivity contribution in [1.82, 2.24) is 5.32 Å². The topological polar surface area (TPSA) is 49.3 Å². The van der Waals surface area contributed by atoms with Gasteiger partial charge in [-0.25, -0.2) is 0 Å². The summed E-state index contributed by atoms with van der Waals surface area (Å²) in [5.41, 5.74) is -0.237. The van der Waals surface area contributed by atoms with E-state index in [1.54, 1.807) is 0 Å². The van der Waals surface area contributed by atoms with Gasteiger partial charge in [-0.1, -0.05) is 25.5 Å². The molecule has 116 valence electrons. The molecule has 0 aliphatic heterocycles. The van der Waals surface area contributed by atoms with Crippen molar-refractivity contribution in [3.05, 3.63) is 41.5 Å². The minimum absolute atomic E-state index is 0.157. The molecule has 0 saturated heterocycles. The first-order valence-corrected chi connectivity index (χ1v) is 6.64. The fraction of sp³-hybridized carbons (Fsp3) is 0.400. The van der Waals surface area contributed by atoms with Crippen LogP contribution in [0.1, 0.15) is 30.9 Å². The van der Waals surface area contributed by atoms with Crippen molar-refractivity contribution in [2.45, 2.75) is 32.0 Å². The third-order valence-electron chi connectivity index (χ3n) is 2.80. The number of aliphatic hydroxyl groups excluding tert-OH is 1. The van der Waals surface area contributed by atoms with Crippen LogP contribution in [0.2, 0.25) is 0 Å². The highest BCUT2D eigenvalue weighted by molar-refractivity contribution is 5.91. The van der Waals surface area contributed by atoms with Gasteiger partial charge < -0.3 is 10.4 Å². The minimum Gasteiger partial charge on any atom is -0.391 e. The van der Waals surface area contributed by atoms with Gasteiger partial charge in [0.05, 0.1) is 11.7 Å². The molecule has 1 aromatic carbocycles. The second-order valence-corrected chi connectivity index (χ2v) is 4.64. The van der Waals surface area contributed by atoms with E-state index in [1.807, 2.05) is 6.92 Å². The molecule has 0 spiro atoms. The van der Waals surface area contributed by atoms with Crippen LogP contribution in [0.15, 0.2) is 30.3 Å². The van der Waals surface area contributed by atoms with E-state index in [1.165, 1.54) is 24.3 Å². The zero-order valence-corrected chi connectivity index (χ0v) is 11.7. The SMILES string of the molecule is CCCC(O)CNC(=O)/C=C/c1ccc(C(F)(F)F)cc1. The Hall–Kier alpha value is -1.82. The maximum Gasteiger partial charge on any atom is 0.416 e. The van der Waals surface area contributed by atoms with Gasteiger partial charge in [0.15, 0.2) is 0 Å². The summed E-state index contributed by atoms with van der Waals surface area (Å²) >= 11 is 0. The van der Waals surface area contributed by atoms with Gasteiger partial charge in [0, 0.05) is 12.6 Å². The molecule has 1 amide bonds. The molecular formula is C15H18F3NO2. The van der Waals surface area contributed by atoms with Crippen molar-refractivity contribution in [2.24, 2.45) is 0 Å². The number of benzene rings is 1. The van der Waals surface area contributed by atoms with Crippen LogP contribution in [0, 0.1) is 0 Å². The van der Waals surface area contributed by atoms with E-state index in [0.717, 1.165) is 18.6 Å². The maximum atomic E-state index is 12.4. The summed E-state index contributed by atoms with van der Waals surface area (Å²) in [7, 11) is 0. The van der Waals surface area contributed by atoms with Gasteiger partial charge in [0.25, 0.3) is 0 Å². The van der Waals surface area contributed by atoms with Gasteiger partial charge in [0.2, 0.25) is 5.91 Å². The molecular weight excluding hydrogens is 283 g/mol. The summed E-state index contributed by atoms with van der Waals surface area (Å²) in [5, 5.41) is 12.0. The fourth-order valence-electron chi connectivity index (χ4n) is 1.67. The molecule has 0 aromatic heterocycles. The molecule has 1 atom stereocenters. The molecule has 0 fully saturated rings. The van der Waals surface area contributed by atoms with E-state index in [9.17, 15) is 23.1 Å². The van der Waals surface area contributed by atoms with Crippen LogP contribution in [-0.4, -0.2) is 23.7 Å². The summed E-state index contributed by atoms with van der Waals surface area (Å²) in [6.45, 7) is 2.08. The third-order valence-corrected chi connectivity index (χ3v) is 2.80. The average molecular weight is 301 g/mol. The Morgan fingerprint density at radius 1 is 1.33 bits per heavy atom. The molecule has 0 aliphatic rings. The molecule has 1 aromatic rings. The Bertz CT molecular complexity index is 481. The van der Waals surface area contributed by atoms with Gasteiger partial charge in [-0.15, -0.1) is 0 Å². The highest BCUT2D eigenvalue weighted by atomic mass is 19.4. The van der Waals surface area contributed by atoms with E-state index < -0.39 is 23.8 Å². The summed E-state index contributed by atoms with van der Waals surface area (Å²) in [4.78, 5) is 11.5. The number of carbonyl (C=O) groups is 1. The first kappa shape index (κ1) is 17.2. The van der Waals surface area contributed by atoms with Crippen molar-refractivity contribution < 1.29 is 23.1 Å². The fourth-order valence-corrected chi connectivity index (χ4v) is 1.67. The number of alkyl halides is 3. The molecule has 6 heteroatoms. The number of rotatable bonds is 6. The van der Waals surface area contributed by atoms with Gasteiger partial charge in [0.1, 0.15) is 0 Å². The first-order valence-electron chi connectivity index (χ1n) is 6.64. The summed E-state index contributed by atoms with van der Waals surface area (Å²) < 4.78 is 37.1. The van der Waals surface area contributed by atoms with Crippen LogP contribution in [-0.2, 0) is 11.0 Å². The summed E-state index contributed by atoms with van der Waals surface area (Å²) in [5.74, 6) is -0.398. The van der Waals surface area contributed by atoms with Crippen molar-refractivity contribution in [3.8, 4) is 0 Å². The monoisotopic (exact) mass is 301 g/mol. The van der Waals surface area contributed by atoms with Crippen LogP contribution in [0.4, 0.5) is 13.2 Å². The van der Waals surface area contributed by atoms with E-state index in [-0.39, 0.29) is 6.54 Å². The Labute approximate surface area is 121 Å². The molecule has 0 radical (unpaired) electrons. The molecule has 2 N–H and O–H groups in total. The van der Waals surface area contributed by atoms with Crippen molar-refractivity contribution in [1.29, 1.82) is 0 Å². The third kappa shape index (κ3) is 6.44. The summed E-state index contributed by atoms with van der Waals surface area (Å²) in [6.07, 6.45) is -0.891. The van der Waals surface area contributed by atoms with Crippen LogP contribution in [0.3, 0.4) is 0 Å². The first-order chi connectivity index (χ1) is 9.82. The molecule has 21 heavy (non-hydrogen) atoms. The number of nitrogens with one attached hydrogen (secondary N) is 1. The smallest absolute Gasteiger partial charge is 0.391 e. The number of carbonyl (C=O) groups excluding carboxylic acids is 1. The number of hydrogen-bond acceptors (Lipinski definition) is 2. The Balaban J connectivity index is 2.51. The maximum absolute atomic E-state index is 12.4. The quantitative estimate of drug-likeness (QED) is 0.794. The zero-order valence-electron chi connectivity index (χ0n) is 11.7. The van der Waals surface area contributed by atoms with Crippen molar-refractivity contribution in [2.75, 3.05) is 6.54 Å². The lowest BCUT2D eigenvalue weighted by Crippen LogP contribution is -2.30. The van der Waals surface area contributed by atoms with E-state index in [2.05, 4.69) is 5.32 Å². The number of halogens is 3. The highest BCUT2D eigenvalue weighted by Crippen LogP contribution is 2.29. The van der Waals surface area contributed by atoms with Gasteiger partial charge in [-0.05, 0) is 30.2 Å². The molecule has 0 saturated carbocycles. The Kier molecular flexibility index (Phi) is 6.42. The van der Waals surface area contributed by atoms with Gasteiger partial charge in [-0.3, -0.25) is 4.79 Å². The number of aliphatic hydroxyl groups is 1. The predicted octanol–water partition coefficient (Wildman–Crippen LogP) is 3.00. The Morgan fingerprint density at radius 3 is 2.48 bits per heavy atom. The number of amides is 1. The second-order valence-electron chi connectivity index (χ2n) is 4.64. The van der Waals surface area contributed by atoms with E-state index >= 15 is 0 Å². The molecule has 0 bridgehead atoms. The molecule has 1 unspecified atom stereocenters. The van der Waals surface area contributed by atoms with Crippen LogP contribution >= 0.6 is 0 Å². The lowest BCUT2D eigenvalue weighted by Gasteiger charge is -2.09. The lowest BCUT2D eigenvalue weighted by molar-refractivity contribution is -0.137. The summed E-state index contributed by atoms with van der Waals surface area (Å²) in [6, 6.07) is 4.50. The van der Waals surface area contributed by atoms with Gasteiger partial charge in [-0.2, -0.15) is 13.2 Å². The van der Waals surface area contributed by atoms with Crippen LogP contribution < -0.4 is 5.32 Å². The van der Waals surface area contributed by atoms with Crippen LogP contribution in [0.25, 0.3) is 6.08 Å².